The van der Waals surface area contributed by atoms with E-state index in [2.05, 4.69) is 19.9 Å². The number of rotatable bonds is 7. The Kier molecular flexibility index (Phi) is 6.50. The second kappa shape index (κ2) is 7.65. The van der Waals surface area contributed by atoms with E-state index in [-0.39, 0.29) is 5.92 Å². The summed E-state index contributed by atoms with van der Waals surface area (Å²) in [6, 6.07) is 4.04. The molecule has 1 rings (SSSR count). The molecule has 0 saturated carbocycles. The van der Waals surface area contributed by atoms with E-state index in [1.807, 2.05) is 19.9 Å². The fourth-order valence-corrected chi connectivity index (χ4v) is 2.71. The van der Waals surface area contributed by atoms with Gasteiger partial charge in [-0.2, -0.15) is 0 Å². The summed E-state index contributed by atoms with van der Waals surface area (Å²) in [7, 11) is 1.68. The third-order valence-electron chi connectivity index (χ3n) is 4.15. The van der Waals surface area contributed by atoms with Crippen LogP contribution in [0.1, 0.15) is 55.7 Å². The number of methoxy groups -OCH3 is 1. The maximum absolute atomic E-state index is 10.1. The molecule has 0 aromatic heterocycles. The number of hydrogen-bond donors (Lipinski definition) is 2. The second-order valence-electron chi connectivity index (χ2n) is 5.67. The summed E-state index contributed by atoms with van der Waals surface area (Å²) in [5, 5.41) is 19.9. The van der Waals surface area contributed by atoms with Gasteiger partial charge in [0.15, 0.2) is 0 Å². The lowest BCUT2D eigenvalue weighted by Gasteiger charge is -2.23. The van der Waals surface area contributed by atoms with E-state index >= 15 is 0 Å². The summed E-state index contributed by atoms with van der Waals surface area (Å²) in [6.07, 6.45) is 0.823. The standard InChI is InChI=1S/C17H28O3/c1-6-7-15(18)16(19)10-11(2)14-8-9-17(20-5)13(4)12(14)3/h8-9,11,15-16,18-19H,6-7,10H2,1-5H3. The summed E-state index contributed by atoms with van der Waals surface area (Å²) in [6.45, 7) is 8.23. The van der Waals surface area contributed by atoms with Crippen LogP contribution in [-0.2, 0) is 0 Å². The average Bonchev–Trinajstić information content (AvgIpc) is 2.41. The molecular weight excluding hydrogens is 252 g/mol. The Morgan fingerprint density at radius 1 is 1.10 bits per heavy atom. The van der Waals surface area contributed by atoms with Gasteiger partial charge >= 0.3 is 0 Å². The number of aliphatic hydroxyl groups excluding tert-OH is 2. The average molecular weight is 280 g/mol. The minimum Gasteiger partial charge on any atom is -0.496 e. The lowest BCUT2D eigenvalue weighted by molar-refractivity contribution is 0.00635. The predicted octanol–water partition coefficient (Wildman–Crippen LogP) is 3.33. The van der Waals surface area contributed by atoms with Crippen molar-refractivity contribution in [2.75, 3.05) is 7.11 Å². The van der Waals surface area contributed by atoms with Crippen LogP contribution in [0.15, 0.2) is 12.1 Å². The zero-order valence-corrected chi connectivity index (χ0v) is 13.3. The van der Waals surface area contributed by atoms with Crippen molar-refractivity contribution < 1.29 is 14.9 Å². The quantitative estimate of drug-likeness (QED) is 0.805. The highest BCUT2D eigenvalue weighted by molar-refractivity contribution is 5.44. The van der Waals surface area contributed by atoms with Crippen LogP contribution in [0.2, 0.25) is 0 Å². The van der Waals surface area contributed by atoms with Crippen molar-refractivity contribution in [3.8, 4) is 5.75 Å². The third-order valence-corrected chi connectivity index (χ3v) is 4.15. The summed E-state index contributed by atoms with van der Waals surface area (Å²) in [4.78, 5) is 0. The van der Waals surface area contributed by atoms with Gasteiger partial charge in [-0.1, -0.05) is 26.3 Å². The minimum atomic E-state index is -0.660. The van der Waals surface area contributed by atoms with Crippen molar-refractivity contribution in [3.05, 3.63) is 28.8 Å². The van der Waals surface area contributed by atoms with Crippen LogP contribution in [0.4, 0.5) is 0 Å². The van der Waals surface area contributed by atoms with Crippen molar-refractivity contribution >= 4 is 0 Å². The van der Waals surface area contributed by atoms with Crippen molar-refractivity contribution in [2.45, 2.75) is 65.1 Å². The summed E-state index contributed by atoms with van der Waals surface area (Å²) in [5.41, 5.74) is 3.56. The van der Waals surface area contributed by atoms with Crippen LogP contribution < -0.4 is 4.74 Å². The molecule has 3 unspecified atom stereocenters. The first-order valence-corrected chi connectivity index (χ1v) is 7.42. The van der Waals surface area contributed by atoms with E-state index in [9.17, 15) is 10.2 Å². The van der Waals surface area contributed by atoms with Gasteiger partial charge in [-0.3, -0.25) is 0 Å². The monoisotopic (exact) mass is 280 g/mol. The van der Waals surface area contributed by atoms with E-state index in [1.54, 1.807) is 7.11 Å². The van der Waals surface area contributed by atoms with Gasteiger partial charge in [-0.25, -0.2) is 0 Å². The van der Waals surface area contributed by atoms with Crippen LogP contribution in [0.3, 0.4) is 0 Å². The molecule has 0 aliphatic carbocycles. The van der Waals surface area contributed by atoms with Crippen molar-refractivity contribution in [3.63, 3.8) is 0 Å². The highest BCUT2D eigenvalue weighted by atomic mass is 16.5. The smallest absolute Gasteiger partial charge is 0.122 e. The molecule has 3 atom stereocenters. The fourth-order valence-electron chi connectivity index (χ4n) is 2.71. The lowest BCUT2D eigenvalue weighted by Crippen LogP contribution is -2.27. The first kappa shape index (κ1) is 17.0. The molecule has 0 bridgehead atoms. The third kappa shape index (κ3) is 3.97. The molecule has 0 aliphatic heterocycles. The van der Waals surface area contributed by atoms with Crippen LogP contribution >= 0.6 is 0 Å². The molecule has 1 aromatic carbocycles. The zero-order valence-electron chi connectivity index (χ0n) is 13.3. The highest BCUT2D eigenvalue weighted by Gasteiger charge is 2.21. The summed E-state index contributed by atoms with van der Waals surface area (Å²) in [5.74, 6) is 1.10. The second-order valence-corrected chi connectivity index (χ2v) is 5.67. The van der Waals surface area contributed by atoms with E-state index < -0.39 is 12.2 Å². The molecule has 0 heterocycles. The Morgan fingerprint density at radius 3 is 2.30 bits per heavy atom. The topological polar surface area (TPSA) is 49.7 Å². The van der Waals surface area contributed by atoms with Crippen molar-refractivity contribution in [2.24, 2.45) is 0 Å². The van der Waals surface area contributed by atoms with Gasteiger partial charge in [0.05, 0.1) is 19.3 Å². The Balaban J connectivity index is 2.82. The molecule has 2 N–H and O–H groups in total. The predicted molar refractivity (Wildman–Crippen MR) is 82.4 cm³/mol. The molecule has 0 saturated heterocycles. The molecule has 0 spiro atoms. The molecule has 3 heteroatoms. The molecular formula is C17H28O3. The van der Waals surface area contributed by atoms with Gasteiger partial charge in [0.2, 0.25) is 0 Å². The molecule has 114 valence electrons. The zero-order chi connectivity index (χ0) is 15.3. The highest BCUT2D eigenvalue weighted by Crippen LogP contribution is 2.31. The molecule has 1 aromatic rings. The van der Waals surface area contributed by atoms with Crippen LogP contribution in [-0.4, -0.2) is 29.5 Å². The largest absolute Gasteiger partial charge is 0.496 e. The Hall–Kier alpha value is -1.06. The maximum atomic E-state index is 10.1. The van der Waals surface area contributed by atoms with Crippen LogP contribution in [0.5, 0.6) is 5.75 Å². The molecule has 20 heavy (non-hydrogen) atoms. The van der Waals surface area contributed by atoms with E-state index in [0.29, 0.717) is 12.8 Å². The molecule has 0 aliphatic rings. The van der Waals surface area contributed by atoms with Gasteiger partial charge in [-0.05, 0) is 55.4 Å². The van der Waals surface area contributed by atoms with Gasteiger partial charge in [-0.15, -0.1) is 0 Å². The Labute approximate surface area is 122 Å². The number of ether oxygens (including phenoxy) is 1. The van der Waals surface area contributed by atoms with E-state index in [0.717, 1.165) is 17.7 Å². The summed E-state index contributed by atoms with van der Waals surface area (Å²) >= 11 is 0. The van der Waals surface area contributed by atoms with Gasteiger partial charge < -0.3 is 14.9 Å². The first-order chi connectivity index (χ1) is 9.42. The number of benzene rings is 1. The van der Waals surface area contributed by atoms with Gasteiger partial charge in [0, 0.05) is 0 Å². The van der Waals surface area contributed by atoms with Crippen molar-refractivity contribution in [1.82, 2.24) is 0 Å². The first-order valence-electron chi connectivity index (χ1n) is 7.42. The van der Waals surface area contributed by atoms with E-state index in [4.69, 9.17) is 4.74 Å². The van der Waals surface area contributed by atoms with Gasteiger partial charge in [0.25, 0.3) is 0 Å². The van der Waals surface area contributed by atoms with Crippen LogP contribution in [0.25, 0.3) is 0 Å². The minimum absolute atomic E-state index is 0.209. The van der Waals surface area contributed by atoms with Crippen LogP contribution in [0, 0.1) is 13.8 Å². The summed E-state index contributed by atoms with van der Waals surface area (Å²) < 4.78 is 5.32. The Bertz CT molecular complexity index is 428. The fraction of sp³-hybridized carbons (Fsp3) is 0.647. The lowest BCUT2D eigenvalue weighted by atomic mass is 9.88. The normalized spacial score (nSPS) is 15.8. The number of aliphatic hydroxyl groups is 2. The maximum Gasteiger partial charge on any atom is 0.122 e. The Morgan fingerprint density at radius 2 is 1.75 bits per heavy atom. The molecule has 3 nitrogen and oxygen atoms in total. The molecule has 0 radical (unpaired) electrons. The number of hydrogen-bond acceptors (Lipinski definition) is 3. The SMILES string of the molecule is CCCC(O)C(O)CC(C)c1ccc(OC)c(C)c1C. The molecule has 0 amide bonds. The van der Waals surface area contributed by atoms with E-state index in [1.165, 1.54) is 11.1 Å². The van der Waals surface area contributed by atoms with Crippen molar-refractivity contribution in [1.29, 1.82) is 0 Å². The molecule has 0 fully saturated rings. The van der Waals surface area contributed by atoms with Gasteiger partial charge in [0.1, 0.15) is 5.75 Å².